The van der Waals surface area contributed by atoms with Crippen LogP contribution in [0.5, 0.6) is 0 Å². The number of hydrogen-bond donors (Lipinski definition) is 1. The summed E-state index contributed by atoms with van der Waals surface area (Å²) in [6.45, 7) is 13.3. The molecule has 0 amide bonds. The highest BCUT2D eigenvalue weighted by Crippen LogP contribution is 2.30. The van der Waals surface area contributed by atoms with E-state index in [-0.39, 0.29) is 5.54 Å². The first-order chi connectivity index (χ1) is 8.47. The second-order valence-corrected chi connectivity index (χ2v) is 5.27. The van der Waals surface area contributed by atoms with E-state index in [4.69, 9.17) is 0 Å². The van der Waals surface area contributed by atoms with Gasteiger partial charge in [-0.2, -0.15) is 5.10 Å². The molecule has 0 aliphatic heterocycles. The van der Waals surface area contributed by atoms with Gasteiger partial charge in [-0.05, 0) is 33.4 Å². The Kier molecular flexibility index (Phi) is 5.35. The van der Waals surface area contributed by atoms with Gasteiger partial charge in [-0.1, -0.05) is 20.8 Å². The largest absolute Gasteiger partial charge is 0.386 e. The van der Waals surface area contributed by atoms with Crippen LogP contribution in [0.1, 0.15) is 52.7 Å². The monoisotopic (exact) mass is 253 g/mol. The number of hydrogen-bond acceptors (Lipinski definition) is 3. The molecule has 0 bridgehead atoms. The molecule has 1 heterocycles. The van der Waals surface area contributed by atoms with Crippen LogP contribution in [-0.2, 0) is 6.54 Å². The van der Waals surface area contributed by atoms with Gasteiger partial charge >= 0.3 is 0 Å². The van der Waals surface area contributed by atoms with Crippen LogP contribution in [0.2, 0.25) is 0 Å². The summed E-state index contributed by atoms with van der Waals surface area (Å²) in [6, 6.07) is 0. The summed E-state index contributed by atoms with van der Waals surface area (Å²) in [5.74, 6) is 0. The van der Waals surface area contributed by atoms with Crippen LogP contribution < -0.4 is 0 Å². The van der Waals surface area contributed by atoms with Crippen molar-refractivity contribution in [2.24, 2.45) is 0 Å². The molecule has 0 saturated carbocycles. The van der Waals surface area contributed by atoms with Crippen molar-refractivity contribution in [1.29, 1.82) is 0 Å². The van der Waals surface area contributed by atoms with Crippen molar-refractivity contribution in [2.45, 2.75) is 59.2 Å². The number of likely N-dealkylation sites (N-methyl/N-ethyl adjacent to an activating group) is 1. The average Bonchev–Trinajstić information content (AvgIpc) is 2.78. The third-order valence-corrected chi connectivity index (χ3v) is 3.67. The SMILES string of the molecule is CCCn1cc(C(O)C(C)(C)N(CC)CC)cn1. The van der Waals surface area contributed by atoms with Crippen molar-refractivity contribution in [1.82, 2.24) is 14.7 Å². The molecule has 0 spiro atoms. The fourth-order valence-corrected chi connectivity index (χ4v) is 2.49. The lowest BCUT2D eigenvalue weighted by Crippen LogP contribution is -2.48. The molecule has 0 saturated heterocycles. The van der Waals surface area contributed by atoms with Crippen LogP contribution in [0.4, 0.5) is 0 Å². The molecule has 0 fully saturated rings. The van der Waals surface area contributed by atoms with Crippen molar-refractivity contribution >= 4 is 0 Å². The Morgan fingerprint density at radius 3 is 2.44 bits per heavy atom. The standard InChI is InChI=1S/C14H27N3O/c1-6-9-17-11-12(10-15-17)13(18)14(4,5)16(7-2)8-3/h10-11,13,18H,6-9H2,1-5H3. The van der Waals surface area contributed by atoms with Gasteiger partial charge in [-0.15, -0.1) is 0 Å². The Morgan fingerprint density at radius 2 is 1.94 bits per heavy atom. The topological polar surface area (TPSA) is 41.3 Å². The lowest BCUT2D eigenvalue weighted by Gasteiger charge is -2.40. The van der Waals surface area contributed by atoms with Gasteiger partial charge < -0.3 is 5.11 Å². The second-order valence-electron chi connectivity index (χ2n) is 5.27. The first kappa shape index (κ1) is 15.2. The van der Waals surface area contributed by atoms with Crippen molar-refractivity contribution < 1.29 is 5.11 Å². The Balaban J connectivity index is 2.86. The molecule has 1 atom stereocenters. The Morgan fingerprint density at radius 1 is 1.33 bits per heavy atom. The second kappa shape index (κ2) is 6.34. The van der Waals surface area contributed by atoms with E-state index < -0.39 is 6.10 Å². The molecule has 4 heteroatoms. The van der Waals surface area contributed by atoms with E-state index in [2.05, 4.69) is 44.6 Å². The van der Waals surface area contributed by atoms with E-state index in [1.807, 2.05) is 10.9 Å². The summed E-state index contributed by atoms with van der Waals surface area (Å²) in [4.78, 5) is 2.27. The highest BCUT2D eigenvalue weighted by atomic mass is 16.3. The van der Waals surface area contributed by atoms with Gasteiger partial charge in [0.25, 0.3) is 0 Å². The number of aliphatic hydroxyl groups is 1. The maximum atomic E-state index is 10.6. The Labute approximate surface area is 111 Å². The van der Waals surface area contributed by atoms with Crippen molar-refractivity contribution in [3.8, 4) is 0 Å². The zero-order valence-corrected chi connectivity index (χ0v) is 12.3. The molecular formula is C14H27N3O. The third-order valence-electron chi connectivity index (χ3n) is 3.67. The zero-order chi connectivity index (χ0) is 13.8. The first-order valence-corrected chi connectivity index (χ1v) is 6.92. The lowest BCUT2D eigenvalue weighted by molar-refractivity contribution is -0.00631. The molecule has 1 unspecified atom stereocenters. The quantitative estimate of drug-likeness (QED) is 0.811. The summed E-state index contributed by atoms with van der Waals surface area (Å²) in [6.07, 6.45) is 4.28. The molecule has 0 radical (unpaired) electrons. The van der Waals surface area contributed by atoms with Crippen LogP contribution in [0.25, 0.3) is 0 Å². The fourth-order valence-electron chi connectivity index (χ4n) is 2.49. The smallest absolute Gasteiger partial charge is 0.0998 e. The Hall–Kier alpha value is -0.870. The minimum atomic E-state index is -0.511. The van der Waals surface area contributed by atoms with Gasteiger partial charge in [0.1, 0.15) is 0 Å². The van der Waals surface area contributed by atoms with Gasteiger partial charge in [-0.3, -0.25) is 9.58 Å². The van der Waals surface area contributed by atoms with E-state index in [0.29, 0.717) is 0 Å². The van der Waals surface area contributed by atoms with Gasteiger partial charge in [-0.25, -0.2) is 0 Å². The summed E-state index contributed by atoms with van der Waals surface area (Å²) < 4.78 is 1.90. The average molecular weight is 253 g/mol. The molecule has 1 aromatic rings. The van der Waals surface area contributed by atoms with Gasteiger partial charge in [0, 0.05) is 23.8 Å². The van der Waals surface area contributed by atoms with E-state index in [1.54, 1.807) is 6.20 Å². The zero-order valence-electron chi connectivity index (χ0n) is 12.3. The van der Waals surface area contributed by atoms with E-state index in [0.717, 1.165) is 31.6 Å². The lowest BCUT2D eigenvalue weighted by atomic mass is 9.91. The van der Waals surface area contributed by atoms with Crippen LogP contribution in [0.15, 0.2) is 12.4 Å². The third kappa shape index (κ3) is 3.12. The van der Waals surface area contributed by atoms with E-state index >= 15 is 0 Å². The molecule has 0 aliphatic rings. The summed E-state index contributed by atoms with van der Waals surface area (Å²) >= 11 is 0. The molecular weight excluding hydrogens is 226 g/mol. The van der Waals surface area contributed by atoms with Gasteiger partial charge in [0.05, 0.1) is 12.3 Å². The number of aliphatic hydroxyl groups excluding tert-OH is 1. The molecule has 104 valence electrons. The normalized spacial score (nSPS) is 14.2. The maximum Gasteiger partial charge on any atom is 0.0998 e. The highest BCUT2D eigenvalue weighted by molar-refractivity contribution is 5.13. The number of aryl methyl sites for hydroxylation is 1. The Bertz CT molecular complexity index is 356. The summed E-state index contributed by atoms with van der Waals surface area (Å²) in [5.41, 5.74) is 0.629. The first-order valence-electron chi connectivity index (χ1n) is 6.92. The molecule has 0 aliphatic carbocycles. The molecule has 18 heavy (non-hydrogen) atoms. The van der Waals surface area contributed by atoms with Crippen molar-refractivity contribution in [3.05, 3.63) is 18.0 Å². The minimum Gasteiger partial charge on any atom is -0.386 e. The van der Waals surface area contributed by atoms with Crippen molar-refractivity contribution in [2.75, 3.05) is 13.1 Å². The molecule has 4 nitrogen and oxygen atoms in total. The van der Waals surface area contributed by atoms with Crippen LogP contribution >= 0.6 is 0 Å². The molecule has 0 aromatic carbocycles. The fraction of sp³-hybridized carbons (Fsp3) is 0.786. The van der Waals surface area contributed by atoms with E-state index in [1.165, 1.54) is 0 Å². The highest BCUT2D eigenvalue weighted by Gasteiger charge is 2.34. The summed E-state index contributed by atoms with van der Waals surface area (Å²) in [7, 11) is 0. The molecule has 1 rings (SSSR count). The molecule has 1 N–H and O–H groups in total. The number of rotatable bonds is 7. The van der Waals surface area contributed by atoms with Crippen LogP contribution in [-0.4, -0.2) is 38.4 Å². The minimum absolute atomic E-state index is 0.274. The maximum absolute atomic E-state index is 10.6. The molecule has 1 aromatic heterocycles. The predicted octanol–water partition coefficient (Wildman–Crippen LogP) is 2.45. The summed E-state index contributed by atoms with van der Waals surface area (Å²) in [5, 5.41) is 14.9. The number of aromatic nitrogens is 2. The van der Waals surface area contributed by atoms with Crippen LogP contribution in [0, 0.1) is 0 Å². The number of nitrogens with zero attached hydrogens (tertiary/aromatic N) is 3. The van der Waals surface area contributed by atoms with Crippen molar-refractivity contribution in [3.63, 3.8) is 0 Å². The predicted molar refractivity (Wildman–Crippen MR) is 74.5 cm³/mol. The van der Waals surface area contributed by atoms with Gasteiger partial charge in [0.15, 0.2) is 0 Å². The van der Waals surface area contributed by atoms with Crippen LogP contribution in [0.3, 0.4) is 0 Å². The van der Waals surface area contributed by atoms with Gasteiger partial charge in [0.2, 0.25) is 0 Å². The van der Waals surface area contributed by atoms with E-state index in [9.17, 15) is 5.11 Å².